The highest BCUT2D eigenvalue weighted by Gasteiger charge is 2.16. The molecule has 0 spiro atoms. The lowest BCUT2D eigenvalue weighted by atomic mass is 10.0. The molecule has 0 saturated carbocycles. The molecule has 122 valence electrons. The molecule has 0 aliphatic heterocycles. The largest absolute Gasteiger partial charge is 0.481 e. The number of aryl methyl sites for hydroxylation is 2. The summed E-state index contributed by atoms with van der Waals surface area (Å²) in [6.07, 6.45) is 0. The zero-order chi connectivity index (χ0) is 16.9. The molecule has 0 aromatic heterocycles. The number of carboxylic acids is 1. The second-order valence-corrected chi connectivity index (χ2v) is 6.07. The van der Waals surface area contributed by atoms with Gasteiger partial charge >= 0.3 is 5.97 Å². The fourth-order valence-corrected chi connectivity index (χ4v) is 2.26. The summed E-state index contributed by atoms with van der Waals surface area (Å²) in [5.41, 5.74) is 3.49. The van der Waals surface area contributed by atoms with Crippen molar-refractivity contribution < 1.29 is 14.7 Å². The van der Waals surface area contributed by atoms with Crippen LogP contribution in [0.15, 0.2) is 18.2 Å². The van der Waals surface area contributed by atoms with Crippen LogP contribution in [0, 0.1) is 19.8 Å². The summed E-state index contributed by atoms with van der Waals surface area (Å²) in [7, 11) is 1.75. The first kappa shape index (κ1) is 18.2. The molecule has 1 rings (SSSR count). The first-order chi connectivity index (χ1) is 10.2. The van der Waals surface area contributed by atoms with Gasteiger partial charge in [-0.3, -0.25) is 14.5 Å². The maximum absolute atomic E-state index is 12.0. The van der Waals surface area contributed by atoms with Crippen molar-refractivity contribution in [2.75, 3.05) is 20.1 Å². The van der Waals surface area contributed by atoms with Gasteiger partial charge in [0.2, 0.25) is 5.91 Å². The van der Waals surface area contributed by atoms with Crippen LogP contribution in [0.2, 0.25) is 0 Å². The van der Waals surface area contributed by atoms with Crippen molar-refractivity contribution >= 4 is 11.9 Å². The quantitative estimate of drug-likeness (QED) is 0.809. The van der Waals surface area contributed by atoms with Gasteiger partial charge in [0, 0.05) is 6.54 Å². The second-order valence-electron chi connectivity index (χ2n) is 6.07. The molecule has 1 aromatic carbocycles. The predicted octanol–water partition coefficient (Wildman–Crippen LogP) is 2.13. The van der Waals surface area contributed by atoms with Gasteiger partial charge in [-0.25, -0.2) is 0 Å². The Hall–Kier alpha value is -1.88. The Bertz CT molecular complexity index is 543. The molecule has 0 bridgehead atoms. The third-order valence-electron chi connectivity index (χ3n) is 3.83. The molecule has 0 heterocycles. The molecule has 0 aliphatic carbocycles. The Morgan fingerprint density at radius 2 is 1.86 bits per heavy atom. The van der Waals surface area contributed by atoms with Gasteiger partial charge in [0.25, 0.3) is 0 Å². The highest BCUT2D eigenvalue weighted by Crippen LogP contribution is 2.16. The number of carboxylic acid groups (broad SMARTS) is 1. The summed E-state index contributed by atoms with van der Waals surface area (Å²) >= 11 is 0. The van der Waals surface area contributed by atoms with E-state index in [4.69, 9.17) is 5.11 Å². The lowest BCUT2D eigenvalue weighted by Crippen LogP contribution is -2.39. The number of carbonyl (C=O) groups is 2. The fraction of sp³-hybridized carbons (Fsp3) is 0.529. The Morgan fingerprint density at radius 1 is 1.23 bits per heavy atom. The van der Waals surface area contributed by atoms with Gasteiger partial charge in [0.15, 0.2) is 0 Å². The van der Waals surface area contributed by atoms with Crippen molar-refractivity contribution in [1.82, 2.24) is 10.2 Å². The third-order valence-corrected chi connectivity index (χ3v) is 3.83. The van der Waals surface area contributed by atoms with E-state index in [1.165, 1.54) is 11.1 Å². The Labute approximate surface area is 132 Å². The van der Waals surface area contributed by atoms with Crippen LogP contribution in [-0.2, 0) is 9.59 Å². The molecule has 2 N–H and O–H groups in total. The molecule has 0 fully saturated rings. The molecular weight excluding hydrogens is 280 g/mol. The van der Waals surface area contributed by atoms with Crippen LogP contribution >= 0.6 is 0 Å². The minimum Gasteiger partial charge on any atom is -0.481 e. The normalized spacial score (nSPS) is 13.7. The molecule has 0 aliphatic rings. The number of benzene rings is 1. The van der Waals surface area contributed by atoms with E-state index in [-0.39, 0.29) is 18.5 Å². The monoisotopic (exact) mass is 306 g/mol. The lowest BCUT2D eigenvalue weighted by molar-refractivity contribution is -0.142. The Balaban J connectivity index is 2.53. The van der Waals surface area contributed by atoms with Crippen molar-refractivity contribution in [2.45, 2.75) is 33.7 Å². The first-order valence-corrected chi connectivity index (χ1v) is 7.48. The third kappa shape index (κ3) is 5.48. The number of likely N-dealkylation sites (N-methyl/N-ethyl adjacent to an activating group) is 1. The SMILES string of the molecule is Cc1ccc(C(C)NC(=O)CN(C)CC(C)C(=O)O)cc1C. The average Bonchev–Trinajstić information content (AvgIpc) is 2.41. The van der Waals surface area contributed by atoms with E-state index in [0.29, 0.717) is 6.54 Å². The van der Waals surface area contributed by atoms with E-state index >= 15 is 0 Å². The molecule has 22 heavy (non-hydrogen) atoms. The van der Waals surface area contributed by atoms with Crippen molar-refractivity contribution in [3.63, 3.8) is 0 Å². The molecule has 0 radical (unpaired) electrons. The summed E-state index contributed by atoms with van der Waals surface area (Å²) < 4.78 is 0. The van der Waals surface area contributed by atoms with Gasteiger partial charge in [-0.15, -0.1) is 0 Å². The minimum atomic E-state index is -0.851. The standard InChI is InChI=1S/C17H26N2O3/c1-11-6-7-15(8-12(11)2)14(4)18-16(20)10-19(5)9-13(3)17(21)22/h6-8,13-14H,9-10H2,1-5H3,(H,18,20)(H,21,22). The molecule has 0 saturated heterocycles. The summed E-state index contributed by atoms with van der Waals surface area (Å²) in [5.74, 6) is -1.45. The number of nitrogens with zero attached hydrogens (tertiary/aromatic N) is 1. The zero-order valence-corrected chi connectivity index (χ0v) is 14.0. The van der Waals surface area contributed by atoms with Gasteiger partial charge < -0.3 is 10.4 Å². The van der Waals surface area contributed by atoms with Crippen molar-refractivity contribution in [3.8, 4) is 0 Å². The van der Waals surface area contributed by atoms with Crippen LogP contribution in [0.5, 0.6) is 0 Å². The number of hydrogen-bond donors (Lipinski definition) is 2. The van der Waals surface area contributed by atoms with E-state index in [0.717, 1.165) is 5.56 Å². The van der Waals surface area contributed by atoms with Gasteiger partial charge in [0.1, 0.15) is 0 Å². The number of rotatable bonds is 7. The number of carbonyl (C=O) groups excluding carboxylic acids is 1. The van der Waals surface area contributed by atoms with Crippen LogP contribution in [0.3, 0.4) is 0 Å². The highest BCUT2D eigenvalue weighted by atomic mass is 16.4. The summed E-state index contributed by atoms with van der Waals surface area (Å²) in [6, 6.07) is 6.07. The molecule has 2 unspecified atom stereocenters. The number of amides is 1. The Morgan fingerprint density at radius 3 is 2.41 bits per heavy atom. The topological polar surface area (TPSA) is 69.6 Å². The zero-order valence-electron chi connectivity index (χ0n) is 14.0. The number of nitrogens with one attached hydrogen (secondary N) is 1. The molecule has 1 aromatic rings. The smallest absolute Gasteiger partial charge is 0.307 e. The number of aliphatic carboxylic acids is 1. The Kier molecular flexibility index (Phi) is 6.56. The second kappa shape index (κ2) is 7.94. The fourth-order valence-electron chi connectivity index (χ4n) is 2.26. The van der Waals surface area contributed by atoms with Crippen LogP contribution in [0.4, 0.5) is 0 Å². The van der Waals surface area contributed by atoms with E-state index < -0.39 is 11.9 Å². The molecule has 2 atom stereocenters. The minimum absolute atomic E-state index is 0.0721. The molecular formula is C17H26N2O3. The predicted molar refractivity (Wildman–Crippen MR) is 86.8 cm³/mol. The van der Waals surface area contributed by atoms with E-state index in [1.54, 1.807) is 18.9 Å². The summed E-state index contributed by atoms with van der Waals surface area (Å²) in [4.78, 5) is 24.6. The van der Waals surface area contributed by atoms with Crippen LogP contribution in [0.25, 0.3) is 0 Å². The maximum Gasteiger partial charge on any atom is 0.307 e. The summed E-state index contributed by atoms with van der Waals surface area (Å²) in [6.45, 7) is 8.22. The number of hydrogen-bond acceptors (Lipinski definition) is 3. The van der Waals surface area contributed by atoms with E-state index in [1.807, 2.05) is 19.1 Å². The van der Waals surface area contributed by atoms with Crippen molar-refractivity contribution in [2.24, 2.45) is 5.92 Å². The highest BCUT2D eigenvalue weighted by molar-refractivity contribution is 5.78. The lowest BCUT2D eigenvalue weighted by Gasteiger charge is -2.21. The van der Waals surface area contributed by atoms with Gasteiger partial charge in [-0.1, -0.05) is 25.1 Å². The average molecular weight is 306 g/mol. The molecule has 5 nitrogen and oxygen atoms in total. The van der Waals surface area contributed by atoms with Crippen molar-refractivity contribution in [1.29, 1.82) is 0 Å². The van der Waals surface area contributed by atoms with Gasteiger partial charge in [0.05, 0.1) is 18.5 Å². The van der Waals surface area contributed by atoms with Crippen LogP contribution in [0.1, 0.15) is 36.6 Å². The van der Waals surface area contributed by atoms with Crippen LogP contribution in [-0.4, -0.2) is 42.0 Å². The molecule has 5 heteroatoms. The van der Waals surface area contributed by atoms with E-state index in [9.17, 15) is 9.59 Å². The summed E-state index contributed by atoms with van der Waals surface area (Å²) in [5, 5.41) is 11.8. The van der Waals surface area contributed by atoms with E-state index in [2.05, 4.69) is 25.2 Å². The van der Waals surface area contributed by atoms with Gasteiger partial charge in [-0.05, 0) is 44.5 Å². The molecule has 1 amide bonds. The maximum atomic E-state index is 12.0. The van der Waals surface area contributed by atoms with Crippen LogP contribution < -0.4 is 5.32 Å². The van der Waals surface area contributed by atoms with Gasteiger partial charge in [-0.2, -0.15) is 0 Å². The first-order valence-electron chi connectivity index (χ1n) is 7.48. The van der Waals surface area contributed by atoms with Crippen molar-refractivity contribution in [3.05, 3.63) is 34.9 Å².